The fourth-order valence-corrected chi connectivity index (χ4v) is 2.41. The highest BCUT2D eigenvalue weighted by Crippen LogP contribution is 2.47. The molecule has 0 saturated heterocycles. The van der Waals surface area contributed by atoms with Crippen LogP contribution in [0.1, 0.15) is 40.5 Å². The first kappa shape index (κ1) is 12.2. The van der Waals surface area contributed by atoms with Gasteiger partial charge in [-0.3, -0.25) is 0 Å². The van der Waals surface area contributed by atoms with Gasteiger partial charge in [-0.2, -0.15) is 0 Å². The third kappa shape index (κ3) is 2.39. The summed E-state index contributed by atoms with van der Waals surface area (Å²) in [4.78, 5) is 10.6. The van der Waals surface area contributed by atoms with Crippen LogP contribution in [0.4, 0.5) is 0 Å². The molecule has 0 aliphatic heterocycles. The summed E-state index contributed by atoms with van der Waals surface area (Å²) in [5.74, 6) is 0.620. The summed E-state index contributed by atoms with van der Waals surface area (Å²) in [7, 11) is 0. The van der Waals surface area contributed by atoms with Gasteiger partial charge in [0.25, 0.3) is 0 Å². The van der Waals surface area contributed by atoms with Gasteiger partial charge in [-0.25, -0.2) is 0 Å². The molecule has 0 aromatic rings. The smallest absolute Gasteiger partial charge is 0.123 e. The molecule has 0 aromatic carbocycles. The molecule has 1 unspecified atom stereocenters. The van der Waals surface area contributed by atoms with Crippen LogP contribution in [0.2, 0.25) is 0 Å². The van der Waals surface area contributed by atoms with Gasteiger partial charge >= 0.3 is 0 Å². The van der Waals surface area contributed by atoms with E-state index in [-0.39, 0.29) is 11.3 Å². The molecule has 0 saturated carbocycles. The average Bonchev–Trinajstić information content (AvgIpc) is 2.41. The summed E-state index contributed by atoms with van der Waals surface area (Å²) in [6, 6.07) is 0. The van der Waals surface area contributed by atoms with Crippen LogP contribution in [0, 0.1) is 17.3 Å². The van der Waals surface area contributed by atoms with Crippen LogP contribution in [0.3, 0.4) is 0 Å². The number of allylic oxidation sites excluding steroid dienone is 3. The fourth-order valence-electron chi connectivity index (χ4n) is 2.41. The third-order valence-electron chi connectivity index (χ3n) is 3.86. The van der Waals surface area contributed by atoms with Gasteiger partial charge in [0.05, 0.1) is 0 Å². The minimum atomic E-state index is 0.106. The van der Waals surface area contributed by atoms with Crippen molar-refractivity contribution in [1.29, 1.82) is 0 Å². The largest absolute Gasteiger partial charge is 0.303 e. The summed E-state index contributed by atoms with van der Waals surface area (Å²) in [6.07, 6.45) is 5.25. The van der Waals surface area contributed by atoms with Gasteiger partial charge in [0.15, 0.2) is 0 Å². The van der Waals surface area contributed by atoms with Crippen molar-refractivity contribution in [2.75, 3.05) is 0 Å². The lowest BCUT2D eigenvalue weighted by molar-refractivity contribution is -0.110. The highest BCUT2D eigenvalue weighted by molar-refractivity contribution is 5.53. The van der Waals surface area contributed by atoms with Gasteiger partial charge < -0.3 is 4.79 Å². The van der Waals surface area contributed by atoms with E-state index in [4.69, 9.17) is 0 Å². The van der Waals surface area contributed by atoms with Crippen LogP contribution in [0.5, 0.6) is 0 Å². The fraction of sp³-hybridized carbons (Fsp3) is 0.643. The molecule has 0 fully saturated rings. The minimum Gasteiger partial charge on any atom is -0.303 e. The number of hydrogen-bond donors (Lipinski definition) is 0. The quantitative estimate of drug-likeness (QED) is 0.505. The molecule has 1 aliphatic rings. The second-order valence-electron chi connectivity index (χ2n) is 5.37. The first-order valence-corrected chi connectivity index (χ1v) is 5.69. The van der Waals surface area contributed by atoms with Crippen LogP contribution in [-0.2, 0) is 4.79 Å². The summed E-state index contributed by atoms with van der Waals surface area (Å²) >= 11 is 0. The maximum Gasteiger partial charge on any atom is 0.123 e. The molecule has 0 amide bonds. The van der Waals surface area contributed by atoms with E-state index in [9.17, 15) is 4.79 Å². The molecule has 15 heavy (non-hydrogen) atoms. The van der Waals surface area contributed by atoms with Crippen LogP contribution >= 0.6 is 0 Å². The molecular formula is C14H22O. The molecule has 1 aliphatic carbocycles. The van der Waals surface area contributed by atoms with E-state index in [1.807, 2.05) is 6.92 Å². The zero-order valence-corrected chi connectivity index (χ0v) is 10.3. The van der Waals surface area contributed by atoms with Crippen molar-refractivity contribution < 1.29 is 4.79 Å². The van der Waals surface area contributed by atoms with Gasteiger partial charge in [0.2, 0.25) is 0 Å². The van der Waals surface area contributed by atoms with E-state index < -0.39 is 0 Å². The lowest BCUT2D eigenvalue weighted by atomic mass is 9.73. The van der Waals surface area contributed by atoms with Gasteiger partial charge in [-0.05, 0) is 31.1 Å². The van der Waals surface area contributed by atoms with Crippen molar-refractivity contribution >= 4 is 6.29 Å². The second kappa shape index (κ2) is 4.34. The van der Waals surface area contributed by atoms with Crippen LogP contribution in [-0.4, -0.2) is 6.29 Å². The lowest BCUT2D eigenvalue weighted by Gasteiger charge is -2.31. The predicted molar refractivity (Wildman–Crippen MR) is 64.6 cm³/mol. The number of aldehydes is 1. The molecule has 1 heteroatoms. The molecule has 0 bridgehead atoms. The molecule has 0 radical (unpaired) electrons. The Kier molecular flexibility index (Phi) is 3.54. The van der Waals surface area contributed by atoms with Crippen molar-refractivity contribution in [3.63, 3.8) is 0 Å². The Morgan fingerprint density at radius 1 is 1.73 bits per heavy atom. The van der Waals surface area contributed by atoms with Gasteiger partial charge in [0, 0.05) is 5.92 Å². The summed E-state index contributed by atoms with van der Waals surface area (Å²) < 4.78 is 0. The third-order valence-corrected chi connectivity index (χ3v) is 3.86. The van der Waals surface area contributed by atoms with E-state index in [2.05, 4.69) is 33.4 Å². The molecule has 84 valence electrons. The van der Waals surface area contributed by atoms with Crippen LogP contribution in [0.15, 0.2) is 23.8 Å². The van der Waals surface area contributed by atoms with E-state index in [1.165, 1.54) is 11.1 Å². The number of carbonyl (C=O) groups is 1. The van der Waals surface area contributed by atoms with Crippen LogP contribution < -0.4 is 0 Å². The molecule has 0 spiro atoms. The maximum absolute atomic E-state index is 10.6. The predicted octanol–water partition coefficient (Wildman–Crippen LogP) is 3.76. The Balaban J connectivity index is 2.68. The summed E-state index contributed by atoms with van der Waals surface area (Å²) in [6.45, 7) is 12.9. The van der Waals surface area contributed by atoms with Crippen molar-refractivity contribution in [2.24, 2.45) is 17.3 Å². The van der Waals surface area contributed by atoms with Crippen molar-refractivity contribution in [3.05, 3.63) is 23.8 Å². The second-order valence-corrected chi connectivity index (χ2v) is 5.37. The van der Waals surface area contributed by atoms with Gasteiger partial charge in [0.1, 0.15) is 6.29 Å². The molecular weight excluding hydrogens is 184 g/mol. The standard InChI is InChI=1S/C14H22O/c1-10(9-15)8-11(2)13-7-6-12(3)14(13,4)5/h6,9-10,13H,2,7-8H2,1,3-5H3/t10?,13-/m0/s1. The average molecular weight is 206 g/mol. The highest BCUT2D eigenvalue weighted by Gasteiger charge is 2.36. The monoisotopic (exact) mass is 206 g/mol. The molecule has 0 heterocycles. The molecule has 0 N–H and O–H groups in total. The van der Waals surface area contributed by atoms with E-state index in [1.54, 1.807) is 0 Å². The molecule has 1 nitrogen and oxygen atoms in total. The number of hydrogen-bond acceptors (Lipinski definition) is 1. The number of rotatable bonds is 4. The molecule has 2 atom stereocenters. The first-order chi connectivity index (χ1) is 6.89. The first-order valence-electron chi connectivity index (χ1n) is 5.69. The Morgan fingerprint density at radius 2 is 2.33 bits per heavy atom. The van der Waals surface area contributed by atoms with Gasteiger partial charge in [-0.1, -0.05) is 44.6 Å². The van der Waals surface area contributed by atoms with E-state index in [0.29, 0.717) is 5.92 Å². The van der Waals surface area contributed by atoms with Crippen LogP contribution in [0.25, 0.3) is 0 Å². The Labute approximate surface area is 93.3 Å². The molecule has 0 aromatic heterocycles. The van der Waals surface area contributed by atoms with Crippen molar-refractivity contribution in [1.82, 2.24) is 0 Å². The number of carbonyl (C=O) groups excluding carboxylic acids is 1. The zero-order valence-electron chi connectivity index (χ0n) is 10.3. The SMILES string of the molecule is C=C(CC(C)C=O)[C@@H]1CC=C(C)C1(C)C. The van der Waals surface area contributed by atoms with Crippen molar-refractivity contribution in [2.45, 2.75) is 40.5 Å². The highest BCUT2D eigenvalue weighted by atomic mass is 16.1. The summed E-state index contributed by atoms with van der Waals surface area (Å²) in [5, 5.41) is 0. The lowest BCUT2D eigenvalue weighted by Crippen LogP contribution is -2.22. The zero-order chi connectivity index (χ0) is 11.6. The summed E-state index contributed by atoms with van der Waals surface area (Å²) in [5.41, 5.74) is 2.90. The van der Waals surface area contributed by atoms with Crippen molar-refractivity contribution in [3.8, 4) is 0 Å². The maximum atomic E-state index is 10.6. The van der Waals surface area contributed by atoms with Gasteiger partial charge in [-0.15, -0.1) is 0 Å². The Bertz CT molecular complexity index is 296. The van der Waals surface area contributed by atoms with E-state index in [0.717, 1.165) is 19.1 Å². The minimum absolute atomic E-state index is 0.106. The normalized spacial score (nSPS) is 25.9. The van der Waals surface area contributed by atoms with E-state index >= 15 is 0 Å². The Morgan fingerprint density at radius 3 is 2.73 bits per heavy atom. The molecule has 1 rings (SSSR count). The Hall–Kier alpha value is -0.850. The topological polar surface area (TPSA) is 17.1 Å².